The summed E-state index contributed by atoms with van der Waals surface area (Å²) in [5.74, 6) is 0.508. The Morgan fingerprint density at radius 2 is 1.93 bits per heavy atom. The monoisotopic (exact) mass is 252 g/mol. The molecule has 0 aliphatic heterocycles. The molecule has 3 nitrogen and oxygen atoms in total. The lowest BCUT2D eigenvalue weighted by atomic mass is 10.3. The smallest absolute Gasteiger partial charge is 0.133 e. The van der Waals surface area contributed by atoms with E-state index in [-0.39, 0.29) is 19.0 Å². The van der Waals surface area contributed by atoms with Crippen LogP contribution in [0.4, 0.5) is 0 Å². The predicted octanol–water partition coefficient (Wildman–Crippen LogP) is 2.78. The molecule has 6 heteroatoms. The minimum absolute atomic E-state index is 0. The van der Waals surface area contributed by atoms with Crippen LogP contribution in [0, 0.1) is 0 Å². The summed E-state index contributed by atoms with van der Waals surface area (Å²) in [4.78, 5) is 6.99. The van der Waals surface area contributed by atoms with Crippen LogP contribution in [-0.4, -0.2) is 15.1 Å². The number of hydrogen-bond acceptors (Lipinski definition) is 2. The highest BCUT2D eigenvalue weighted by Crippen LogP contribution is 2.26. The summed E-state index contributed by atoms with van der Waals surface area (Å²) in [6, 6.07) is 3.35. The molecule has 1 aromatic heterocycles. The Labute approximate surface area is 96.5 Å². The molecule has 0 unspecified atom stereocenters. The molecule has 1 aromatic carbocycles. The van der Waals surface area contributed by atoms with Gasteiger partial charge in [-0.15, -0.1) is 12.4 Å². The molecule has 0 amide bonds. The number of fused-ring (bicyclic) bond motifs is 1. The van der Waals surface area contributed by atoms with Crippen LogP contribution in [0.3, 0.4) is 0 Å². The van der Waals surface area contributed by atoms with E-state index < -0.39 is 0 Å². The van der Waals surface area contributed by atoms with Gasteiger partial charge in [-0.2, -0.15) is 0 Å². The number of benzene rings is 1. The van der Waals surface area contributed by atoms with E-state index in [1.807, 2.05) is 0 Å². The Morgan fingerprint density at radius 1 is 1.29 bits per heavy atom. The largest absolute Gasteiger partial charge is 0.388 e. The van der Waals surface area contributed by atoms with Gasteiger partial charge in [0.15, 0.2) is 0 Å². The SMILES string of the molecule is Cl.OCc1nc2cc(Cl)c(Cl)cc2[nH]1. The average Bonchev–Trinajstić information content (AvgIpc) is 2.48. The van der Waals surface area contributed by atoms with Crippen LogP contribution in [0.1, 0.15) is 5.82 Å². The van der Waals surface area contributed by atoms with Gasteiger partial charge in [0.25, 0.3) is 0 Å². The number of H-pyrrole nitrogens is 1. The number of nitrogens with zero attached hydrogens (tertiary/aromatic N) is 1. The number of imidazole rings is 1. The molecule has 0 saturated carbocycles. The van der Waals surface area contributed by atoms with E-state index >= 15 is 0 Å². The summed E-state index contributed by atoms with van der Waals surface area (Å²) in [7, 11) is 0. The molecule has 1 heterocycles. The summed E-state index contributed by atoms with van der Waals surface area (Å²) in [5.41, 5.74) is 1.48. The molecule has 0 bridgehead atoms. The zero-order chi connectivity index (χ0) is 9.42. The molecule has 0 atom stereocenters. The molecule has 2 aromatic rings. The van der Waals surface area contributed by atoms with Crippen molar-refractivity contribution >= 4 is 46.6 Å². The number of nitrogens with one attached hydrogen (secondary N) is 1. The molecule has 0 radical (unpaired) electrons. The predicted molar refractivity (Wildman–Crippen MR) is 59.3 cm³/mol. The highest BCUT2D eigenvalue weighted by molar-refractivity contribution is 6.42. The quantitative estimate of drug-likeness (QED) is 0.821. The summed E-state index contributed by atoms with van der Waals surface area (Å²) in [6.45, 7) is -0.121. The molecule has 2 N–H and O–H groups in total. The van der Waals surface area contributed by atoms with Crippen molar-refractivity contribution in [3.05, 3.63) is 28.0 Å². The maximum atomic E-state index is 8.82. The van der Waals surface area contributed by atoms with Gasteiger partial charge in [0.2, 0.25) is 0 Å². The van der Waals surface area contributed by atoms with Crippen LogP contribution in [0.2, 0.25) is 10.0 Å². The van der Waals surface area contributed by atoms with E-state index in [4.69, 9.17) is 28.3 Å². The van der Waals surface area contributed by atoms with Gasteiger partial charge in [0, 0.05) is 0 Å². The first-order valence-corrected chi connectivity index (χ1v) is 4.41. The number of aromatic amines is 1. The molecular weight excluding hydrogens is 246 g/mol. The minimum atomic E-state index is -0.121. The number of aromatic nitrogens is 2. The fourth-order valence-corrected chi connectivity index (χ4v) is 1.45. The Balaban J connectivity index is 0.000000980. The Morgan fingerprint density at radius 3 is 2.57 bits per heavy atom. The van der Waals surface area contributed by atoms with Crippen molar-refractivity contribution in [2.45, 2.75) is 6.61 Å². The number of aliphatic hydroxyl groups is 1. The first-order valence-electron chi connectivity index (χ1n) is 3.65. The first kappa shape index (κ1) is 11.6. The molecule has 76 valence electrons. The van der Waals surface area contributed by atoms with Crippen LogP contribution in [0.15, 0.2) is 12.1 Å². The summed E-state index contributed by atoms with van der Waals surface area (Å²) >= 11 is 11.6. The lowest BCUT2D eigenvalue weighted by molar-refractivity contribution is 0.273. The van der Waals surface area contributed by atoms with Crippen molar-refractivity contribution in [2.24, 2.45) is 0 Å². The summed E-state index contributed by atoms with van der Waals surface area (Å²) in [5, 5.41) is 9.75. The van der Waals surface area contributed by atoms with Crippen molar-refractivity contribution in [3.63, 3.8) is 0 Å². The van der Waals surface area contributed by atoms with E-state index in [0.717, 1.165) is 5.52 Å². The molecule has 2 rings (SSSR count). The molecule has 0 fully saturated rings. The second-order valence-corrected chi connectivity index (χ2v) is 3.44. The number of aliphatic hydroxyl groups excluding tert-OH is 1. The average molecular weight is 254 g/mol. The first-order chi connectivity index (χ1) is 6.20. The Hall–Kier alpha value is -0.480. The fourth-order valence-electron chi connectivity index (χ4n) is 1.13. The van der Waals surface area contributed by atoms with Gasteiger partial charge in [0.1, 0.15) is 12.4 Å². The van der Waals surface area contributed by atoms with Crippen LogP contribution in [0.25, 0.3) is 11.0 Å². The topological polar surface area (TPSA) is 48.9 Å². The second-order valence-electron chi connectivity index (χ2n) is 2.63. The van der Waals surface area contributed by atoms with Crippen molar-refractivity contribution in [2.75, 3.05) is 0 Å². The highest BCUT2D eigenvalue weighted by Gasteiger charge is 2.05. The van der Waals surface area contributed by atoms with Gasteiger partial charge in [-0.1, -0.05) is 23.2 Å². The molecule has 14 heavy (non-hydrogen) atoms. The van der Waals surface area contributed by atoms with Crippen LogP contribution >= 0.6 is 35.6 Å². The maximum Gasteiger partial charge on any atom is 0.133 e. The fraction of sp³-hybridized carbons (Fsp3) is 0.125. The lowest BCUT2D eigenvalue weighted by Crippen LogP contribution is -1.83. The molecule has 0 saturated heterocycles. The van der Waals surface area contributed by atoms with Crippen molar-refractivity contribution < 1.29 is 5.11 Å². The third kappa shape index (κ3) is 1.96. The standard InChI is InChI=1S/C8H6Cl2N2O.ClH/c9-4-1-6-7(2-5(4)10)12-8(3-13)11-6;/h1-2,13H,3H2,(H,11,12);1H. The lowest BCUT2D eigenvalue weighted by Gasteiger charge is -1.93. The van der Waals surface area contributed by atoms with E-state index in [1.165, 1.54) is 0 Å². The van der Waals surface area contributed by atoms with Gasteiger partial charge < -0.3 is 10.1 Å². The van der Waals surface area contributed by atoms with Crippen molar-refractivity contribution in [1.29, 1.82) is 0 Å². The van der Waals surface area contributed by atoms with Gasteiger partial charge in [0.05, 0.1) is 21.1 Å². The third-order valence-electron chi connectivity index (χ3n) is 1.72. The van der Waals surface area contributed by atoms with Gasteiger partial charge in [-0.25, -0.2) is 4.98 Å². The Kier molecular flexibility index (Phi) is 3.61. The Bertz CT molecular complexity index is 416. The highest BCUT2D eigenvalue weighted by atomic mass is 35.5. The van der Waals surface area contributed by atoms with Crippen molar-refractivity contribution in [3.8, 4) is 0 Å². The minimum Gasteiger partial charge on any atom is -0.388 e. The molecule has 0 aliphatic rings. The second kappa shape index (κ2) is 4.36. The zero-order valence-corrected chi connectivity index (χ0v) is 9.25. The number of hydrogen-bond donors (Lipinski definition) is 2. The third-order valence-corrected chi connectivity index (χ3v) is 2.44. The van der Waals surface area contributed by atoms with Gasteiger partial charge in [-0.3, -0.25) is 0 Å². The number of halogens is 3. The zero-order valence-electron chi connectivity index (χ0n) is 6.92. The van der Waals surface area contributed by atoms with Crippen LogP contribution in [0.5, 0.6) is 0 Å². The van der Waals surface area contributed by atoms with E-state index in [1.54, 1.807) is 12.1 Å². The number of rotatable bonds is 1. The van der Waals surface area contributed by atoms with Crippen LogP contribution in [-0.2, 0) is 6.61 Å². The molecular formula is C8H7Cl3N2O. The van der Waals surface area contributed by atoms with Gasteiger partial charge in [-0.05, 0) is 12.1 Å². The molecule has 0 spiro atoms. The normalized spacial score (nSPS) is 10.2. The molecule has 0 aliphatic carbocycles. The van der Waals surface area contributed by atoms with Crippen molar-refractivity contribution in [1.82, 2.24) is 9.97 Å². The van der Waals surface area contributed by atoms with E-state index in [9.17, 15) is 0 Å². The summed E-state index contributed by atoms with van der Waals surface area (Å²) in [6.07, 6.45) is 0. The van der Waals surface area contributed by atoms with Gasteiger partial charge >= 0.3 is 0 Å². The van der Waals surface area contributed by atoms with Crippen LogP contribution < -0.4 is 0 Å². The van der Waals surface area contributed by atoms with E-state index in [0.29, 0.717) is 21.4 Å². The van der Waals surface area contributed by atoms with E-state index in [2.05, 4.69) is 9.97 Å². The summed E-state index contributed by atoms with van der Waals surface area (Å²) < 4.78 is 0. The maximum absolute atomic E-state index is 8.82.